The van der Waals surface area contributed by atoms with E-state index in [1.54, 1.807) is 12.1 Å². The summed E-state index contributed by atoms with van der Waals surface area (Å²) in [5, 5.41) is 13.4. The number of rotatable bonds is 7. The van der Waals surface area contributed by atoms with E-state index >= 15 is 0 Å². The maximum absolute atomic E-state index is 13.0. The summed E-state index contributed by atoms with van der Waals surface area (Å²) in [7, 11) is 0. The van der Waals surface area contributed by atoms with Crippen LogP contribution in [0.4, 0.5) is 22.1 Å². The number of hydrogen-bond donors (Lipinski definition) is 3. The van der Waals surface area contributed by atoms with Crippen LogP contribution in [0.1, 0.15) is 37.6 Å². The van der Waals surface area contributed by atoms with Gasteiger partial charge in [0, 0.05) is 11.8 Å². The van der Waals surface area contributed by atoms with Crippen molar-refractivity contribution in [2.75, 3.05) is 10.6 Å². The SMILES string of the molecule is CCCc1cc(Nc2ncnc(NC(C)c3ccc(F)cc3)n2)n[nH]1. The van der Waals surface area contributed by atoms with Crippen molar-refractivity contribution in [3.8, 4) is 0 Å². The zero-order chi connectivity index (χ0) is 17.6. The summed E-state index contributed by atoms with van der Waals surface area (Å²) in [6, 6.07) is 8.18. The van der Waals surface area contributed by atoms with Crippen LogP contribution >= 0.6 is 0 Å². The lowest BCUT2D eigenvalue weighted by Gasteiger charge is -2.14. The minimum atomic E-state index is -0.260. The van der Waals surface area contributed by atoms with Gasteiger partial charge in [-0.25, -0.2) is 14.4 Å². The van der Waals surface area contributed by atoms with E-state index in [9.17, 15) is 4.39 Å². The Bertz CT molecular complexity index is 816. The molecule has 7 nitrogen and oxygen atoms in total. The van der Waals surface area contributed by atoms with Gasteiger partial charge in [-0.1, -0.05) is 25.5 Å². The number of nitrogens with zero attached hydrogens (tertiary/aromatic N) is 4. The molecule has 3 aromatic rings. The van der Waals surface area contributed by atoms with Gasteiger partial charge < -0.3 is 10.6 Å². The van der Waals surface area contributed by atoms with Crippen molar-refractivity contribution in [1.29, 1.82) is 0 Å². The van der Waals surface area contributed by atoms with Gasteiger partial charge in [0.05, 0.1) is 6.04 Å². The van der Waals surface area contributed by atoms with E-state index < -0.39 is 0 Å². The van der Waals surface area contributed by atoms with Gasteiger partial charge in [-0.05, 0) is 31.0 Å². The van der Waals surface area contributed by atoms with Crippen LogP contribution in [0.15, 0.2) is 36.7 Å². The van der Waals surface area contributed by atoms with Crippen molar-refractivity contribution in [1.82, 2.24) is 25.1 Å². The molecule has 3 N–H and O–H groups in total. The normalized spacial score (nSPS) is 12.0. The Hall–Kier alpha value is -3.03. The second kappa shape index (κ2) is 7.69. The van der Waals surface area contributed by atoms with Gasteiger partial charge in [-0.3, -0.25) is 5.10 Å². The van der Waals surface area contributed by atoms with E-state index in [4.69, 9.17) is 0 Å². The highest BCUT2D eigenvalue weighted by Crippen LogP contribution is 2.18. The topological polar surface area (TPSA) is 91.4 Å². The molecule has 1 aromatic carbocycles. The molecule has 1 atom stereocenters. The third kappa shape index (κ3) is 4.50. The second-order valence-electron chi connectivity index (χ2n) is 5.70. The highest BCUT2D eigenvalue weighted by molar-refractivity contribution is 5.49. The van der Waals surface area contributed by atoms with Crippen LogP contribution in [0.5, 0.6) is 0 Å². The summed E-state index contributed by atoms with van der Waals surface area (Å²) in [5.74, 6) is 1.23. The highest BCUT2D eigenvalue weighted by atomic mass is 19.1. The van der Waals surface area contributed by atoms with Gasteiger partial charge in [0.2, 0.25) is 11.9 Å². The van der Waals surface area contributed by atoms with Crippen LogP contribution in [0.2, 0.25) is 0 Å². The molecule has 2 heterocycles. The fraction of sp³-hybridized carbons (Fsp3) is 0.294. The molecule has 8 heteroatoms. The third-order valence-electron chi connectivity index (χ3n) is 3.68. The Kier molecular flexibility index (Phi) is 5.17. The van der Waals surface area contributed by atoms with Crippen LogP contribution in [-0.2, 0) is 6.42 Å². The number of aryl methyl sites for hydroxylation is 1. The van der Waals surface area contributed by atoms with E-state index in [1.165, 1.54) is 18.5 Å². The maximum Gasteiger partial charge on any atom is 0.233 e. The molecule has 1 unspecified atom stereocenters. The standard InChI is InChI=1S/C17H20FN7/c1-3-4-14-9-15(25-24-14)22-17-20-10-19-16(23-17)21-11(2)12-5-7-13(18)8-6-12/h5-11H,3-4H2,1-2H3,(H3,19,20,21,22,23,24,25). The predicted octanol–water partition coefficient (Wildman–Crippen LogP) is 3.60. The third-order valence-corrected chi connectivity index (χ3v) is 3.68. The first-order valence-electron chi connectivity index (χ1n) is 8.16. The first-order valence-corrected chi connectivity index (χ1v) is 8.16. The lowest BCUT2D eigenvalue weighted by atomic mass is 10.1. The Morgan fingerprint density at radius 2 is 1.92 bits per heavy atom. The second-order valence-corrected chi connectivity index (χ2v) is 5.70. The zero-order valence-electron chi connectivity index (χ0n) is 14.1. The summed E-state index contributed by atoms with van der Waals surface area (Å²) in [6.45, 7) is 4.06. The van der Waals surface area contributed by atoms with Crippen LogP contribution in [0.3, 0.4) is 0 Å². The Morgan fingerprint density at radius 1 is 1.16 bits per heavy atom. The number of H-pyrrole nitrogens is 1. The number of nitrogens with one attached hydrogen (secondary N) is 3. The first kappa shape index (κ1) is 16.8. The van der Waals surface area contributed by atoms with Crippen molar-refractivity contribution in [3.05, 3.63) is 53.7 Å². The molecule has 0 spiro atoms. The molecule has 0 amide bonds. The van der Waals surface area contributed by atoms with Gasteiger partial charge in [-0.2, -0.15) is 10.1 Å². The summed E-state index contributed by atoms with van der Waals surface area (Å²) >= 11 is 0. The zero-order valence-corrected chi connectivity index (χ0v) is 14.1. The van der Waals surface area contributed by atoms with Crippen LogP contribution in [-0.4, -0.2) is 25.1 Å². The van der Waals surface area contributed by atoms with E-state index in [0.717, 1.165) is 24.1 Å². The summed E-state index contributed by atoms with van der Waals surface area (Å²) < 4.78 is 13.0. The van der Waals surface area contributed by atoms with Gasteiger partial charge >= 0.3 is 0 Å². The molecular formula is C17H20FN7. The molecule has 0 fully saturated rings. The highest BCUT2D eigenvalue weighted by Gasteiger charge is 2.09. The molecule has 2 aromatic heterocycles. The summed E-state index contributed by atoms with van der Waals surface area (Å²) in [5.41, 5.74) is 2.00. The molecule has 0 saturated heterocycles. The van der Waals surface area contributed by atoms with Crippen molar-refractivity contribution in [2.45, 2.75) is 32.7 Å². The van der Waals surface area contributed by atoms with Crippen molar-refractivity contribution in [2.24, 2.45) is 0 Å². The number of benzene rings is 1. The van der Waals surface area contributed by atoms with Gasteiger partial charge in [-0.15, -0.1) is 0 Å². The maximum atomic E-state index is 13.0. The predicted molar refractivity (Wildman–Crippen MR) is 94.1 cm³/mol. The van der Waals surface area contributed by atoms with Crippen molar-refractivity contribution < 1.29 is 4.39 Å². The Labute approximate surface area is 145 Å². The van der Waals surface area contributed by atoms with E-state index in [2.05, 4.69) is 42.7 Å². The largest absolute Gasteiger partial charge is 0.348 e. The molecular weight excluding hydrogens is 321 g/mol. The number of aromatic nitrogens is 5. The first-order chi connectivity index (χ1) is 12.1. The lowest BCUT2D eigenvalue weighted by Crippen LogP contribution is -2.11. The average Bonchev–Trinajstić information content (AvgIpc) is 3.03. The van der Waals surface area contributed by atoms with E-state index in [0.29, 0.717) is 17.7 Å². The monoisotopic (exact) mass is 341 g/mol. The van der Waals surface area contributed by atoms with Crippen LogP contribution < -0.4 is 10.6 Å². The molecule has 0 bridgehead atoms. The van der Waals surface area contributed by atoms with Gasteiger partial charge in [0.15, 0.2) is 5.82 Å². The van der Waals surface area contributed by atoms with Crippen LogP contribution in [0.25, 0.3) is 0 Å². The molecule has 25 heavy (non-hydrogen) atoms. The molecule has 0 radical (unpaired) electrons. The Balaban J connectivity index is 1.67. The number of hydrogen-bond acceptors (Lipinski definition) is 6. The molecule has 130 valence electrons. The van der Waals surface area contributed by atoms with E-state index in [-0.39, 0.29) is 11.9 Å². The number of aromatic amines is 1. The Morgan fingerprint density at radius 3 is 2.68 bits per heavy atom. The van der Waals surface area contributed by atoms with Crippen molar-refractivity contribution in [3.63, 3.8) is 0 Å². The minimum absolute atomic E-state index is 0.0719. The smallest absolute Gasteiger partial charge is 0.233 e. The van der Waals surface area contributed by atoms with E-state index in [1.807, 2.05) is 13.0 Å². The quantitative estimate of drug-likeness (QED) is 0.608. The van der Waals surface area contributed by atoms with Crippen LogP contribution in [0, 0.1) is 5.82 Å². The molecule has 0 saturated carbocycles. The lowest BCUT2D eigenvalue weighted by molar-refractivity contribution is 0.626. The number of halogens is 1. The molecule has 0 aliphatic rings. The molecule has 0 aliphatic heterocycles. The fourth-order valence-corrected chi connectivity index (χ4v) is 2.39. The fourth-order valence-electron chi connectivity index (χ4n) is 2.39. The number of anilines is 3. The van der Waals surface area contributed by atoms with Gasteiger partial charge in [0.25, 0.3) is 0 Å². The van der Waals surface area contributed by atoms with Gasteiger partial charge in [0.1, 0.15) is 12.1 Å². The molecule has 3 rings (SSSR count). The van der Waals surface area contributed by atoms with Crippen molar-refractivity contribution >= 4 is 17.7 Å². The summed E-state index contributed by atoms with van der Waals surface area (Å²) in [6.07, 6.45) is 3.41. The average molecular weight is 341 g/mol. The summed E-state index contributed by atoms with van der Waals surface area (Å²) in [4.78, 5) is 12.6. The molecule has 0 aliphatic carbocycles. The minimum Gasteiger partial charge on any atom is -0.348 e.